The van der Waals surface area contributed by atoms with Crippen LogP contribution in [0.2, 0.25) is 0 Å². The molecule has 1 atom stereocenters. The van der Waals surface area contributed by atoms with Crippen LogP contribution in [0.5, 0.6) is 0 Å². The zero-order chi connectivity index (χ0) is 19.6. The van der Waals surface area contributed by atoms with Crippen molar-refractivity contribution in [2.45, 2.75) is 46.6 Å². The van der Waals surface area contributed by atoms with Crippen molar-refractivity contribution in [2.24, 2.45) is 0 Å². The summed E-state index contributed by atoms with van der Waals surface area (Å²) in [6, 6.07) is 10.7. The van der Waals surface area contributed by atoms with Gasteiger partial charge in [-0.2, -0.15) is 0 Å². The molecule has 2 N–H and O–H groups in total. The maximum absolute atomic E-state index is 5.77. The van der Waals surface area contributed by atoms with Gasteiger partial charge in [0.1, 0.15) is 0 Å². The van der Waals surface area contributed by atoms with E-state index < -0.39 is 0 Å². The number of thiocarbonyl (C=S) groups is 1. The minimum Gasteiger partial charge on any atom is -0.344 e. The van der Waals surface area contributed by atoms with Gasteiger partial charge in [-0.3, -0.25) is 0 Å². The molecule has 0 amide bonds. The number of rotatable bonds is 10. The van der Waals surface area contributed by atoms with E-state index in [9.17, 15) is 0 Å². The number of nitrogens with one attached hydrogen (secondary N) is 2. The Hall–Kier alpha value is -1.43. The van der Waals surface area contributed by atoms with Gasteiger partial charge < -0.3 is 15.1 Å². The predicted molar refractivity (Wildman–Crippen MR) is 123 cm³/mol. The quantitative estimate of drug-likeness (QED) is 0.577. The molecule has 0 aliphatic carbocycles. The summed E-state index contributed by atoms with van der Waals surface area (Å²) in [6.45, 7) is 10.8. The van der Waals surface area contributed by atoms with Crippen molar-refractivity contribution >= 4 is 34.4 Å². The molecule has 1 aromatic heterocycles. The molecular formula is C22H34N3S2+. The first kappa shape index (κ1) is 21.9. The van der Waals surface area contributed by atoms with Crippen LogP contribution in [0.15, 0.2) is 35.7 Å². The zero-order valence-electron chi connectivity index (χ0n) is 17.2. The Morgan fingerprint density at radius 2 is 1.93 bits per heavy atom. The Morgan fingerprint density at radius 1 is 1.15 bits per heavy atom. The zero-order valence-corrected chi connectivity index (χ0v) is 18.8. The van der Waals surface area contributed by atoms with E-state index >= 15 is 0 Å². The highest BCUT2D eigenvalue weighted by Crippen LogP contribution is 2.17. The lowest BCUT2D eigenvalue weighted by Crippen LogP contribution is -3.09. The maximum atomic E-state index is 5.77. The molecular weight excluding hydrogens is 370 g/mol. The lowest BCUT2D eigenvalue weighted by molar-refractivity contribution is -0.880. The molecule has 5 heteroatoms. The summed E-state index contributed by atoms with van der Waals surface area (Å²) in [5.74, 6) is 0. The summed E-state index contributed by atoms with van der Waals surface area (Å²) in [4.78, 5) is 5.27. The van der Waals surface area contributed by atoms with E-state index in [1.165, 1.54) is 41.9 Å². The second-order valence-corrected chi connectivity index (χ2v) is 8.81. The third-order valence-corrected chi connectivity index (χ3v) is 6.18. The van der Waals surface area contributed by atoms with Crippen molar-refractivity contribution in [3.05, 3.63) is 51.7 Å². The molecule has 0 aliphatic heterocycles. The average molecular weight is 405 g/mol. The van der Waals surface area contributed by atoms with Crippen LogP contribution in [0.3, 0.4) is 0 Å². The fourth-order valence-corrected chi connectivity index (χ4v) is 4.03. The monoisotopic (exact) mass is 404 g/mol. The molecule has 0 saturated carbocycles. The molecule has 148 valence electrons. The lowest BCUT2D eigenvalue weighted by atomic mass is 10.1. The van der Waals surface area contributed by atoms with E-state index in [4.69, 9.17) is 12.2 Å². The summed E-state index contributed by atoms with van der Waals surface area (Å²) in [6.07, 6.45) is 3.72. The standard InChI is InChI=1S/C22H33N3S2/c1-5-6-12-24(4)13-8-14-25(17-21-9-7-15-27-21)22(26)23-20-11-10-18(2)19(3)16-20/h7,9-11,15-16H,5-6,8,12-14,17H2,1-4H3,(H,23,26)/p+1. The Morgan fingerprint density at radius 3 is 2.59 bits per heavy atom. The minimum absolute atomic E-state index is 0.817. The van der Waals surface area contributed by atoms with Gasteiger partial charge >= 0.3 is 0 Å². The third-order valence-electron chi connectivity index (χ3n) is 4.96. The third kappa shape index (κ3) is 7.60. The number of benzene rings is 1. The summed E-state index contributed by atoms with van der Waals surface area (Å²) >= 11 is 7.56. The number of nitrogens with zero attached hydrogens (tertiary/aromatic N) is 1. The van der Waals surface area contributed by atoms with E-state index in [-0.39, 0.29) is 0 Å². The first-order valence-electron chi connectivity index (χ1n) is 9.96. The highest BCUT2D eigenvalue weighted by Gasteiger charge is 2.13. The van der Waals surface area contributed by atoms with E-state index in [0.717, 1.165) is 30.3 Å². The highest BCUT2D eigenvalue weighted by molar-refractivity contribution is 7.80. The summed E-state index contributed by atoms with van der Waals surface area (Å²) in [5.41, 5.74) is 3.67. The number of quaternary nitrogens is 1. The molecule has 2 aromatic rings. The fraction of sp³-hybridized carbons (Fsp3) is 0.500. The number of aryl methyl sites for hydroxylation is 2. The summed E-state index contributed by atoms with van der Waals surface area (Å²) < 4.78 is 0. The summed E-state index contributed by atoms with van der Waals surface area (Å²) in [7, 11) is 2.30. The summed E-state index contributed by atoms with van der Waals surface area (Å²) in [5, 5.41) is 6.40. The molecule has 3 nitrogen and oxygen atoms in total. The Balaban J connectivity index is 1.95. The van der Waals surface area contributed by atoms with Crippen LogP contribution >= 0.6 is 23.6 Å². The Bertz CT molecular complexity index is 698. The lowest BCUT2D eigenvalue weighted by Gasteiger charge is -2.26. The van der Waals surface area contributed by atoms with Crippen molar-refractivity contribution in [3.8, 4) is 0 Å². The molecule has 0 saturated heterocycles. The van der Waals surface area contributed by atoms with Gasteiger partial charge in [0.15, 0.2) is 5.11 Å². The topological polar surface area (TPSA) is 19.7 Å². The fourth-order valence-electron chi connectivity index (χ4n) is 3.04. The molecule has 0 fully saturated rings. The highest BCUT2D eigenvalue weighted by atomic mass is 32.1. The van der Waals surface area contributed by atoms with Crippen LogP contribution in [-0.4, -0.2) is 36.7 Å². The molecule has 0 aliphatic rings. The van der Waals surface area contributed by atoms with Crippen LogP contribution in [-0.2, 0) is 6.54 Å². The second-order valence-electron chi connectivity index (χ2n) is 7.39. The van der Waals surface area contributed by atoms with Crippen LogP contribution in [0.25, 0.3) is 0 Å². The normalized spacial score (nSPS) is 12.0. The van der Waals surface area contributed by atoms with Gasteiger partial charge in [-0.1, -0.05) is 25.5 Å². The molecule has 1 unspecified atom stereocenters. The Labute approximate surface area is 174 Å². The smallest absolute Gasteiger partial charge is 0.173 e. The Kier molecular flexibility index (Phi) is 9.25. The first-order chi connectivity index (χ1) is 13.0. The minimum atomic E-state index is 0.817. The van der Waals surface area contributed by atoms with Crippen molar-refractivity contribution in [3.63, 3.8) is 0 Å². The van der Waals surface area contributed by atoms with Crippen molar-refractivity contribution in [1.29, 1.82) is 0 Å². The van der Waals surface area contributed by atoms with Crippen molar-refractivity contribution in [2.75, 3.05) is 32.0 Å². The van der Waals surface area contributed by atoms with E-state index in [2.05, 4.69) is 73.7 Å². The number of hydrogen-bond acceptors (Lipinski definition) is 2. The number of unbranched alkanes of at least 4 members (excludes halogenated alkanes) is 1. The second kappa shape index (κ2) is 11.4. The predicted octanol–water partition coefficient (Wildman–Crippen LogP) is 4.27. The number of thiophene rings is 1. The van der Waals surface area contributed by atoms with Gasteiger partial charge in [0.25, 0.3) is 0 Å². The molecule has 0 radical (unpaired) electrons. The number of anilines is 1. The first-order valence-corrected chi connectivity index (χ1v) is 11.2. The average Bonchev–Trinajstić information content (AvgIpc) is 3.15. The van der Waals surface area contributed by atoms with Crippen molar-refractivity contribution < 1.29 is 4.90 Å². The van der Waals surface area contributed by atoms with Crippen LogP contribution in [0.4, 0.5) is 5.69 Å². The van der Waals surface area contributed by atoms with Gasteiger partial charge in [-0.05, 0) is 67.2 Å². The number of hydrogen-bond donors (Lipinski definition) is 2. The van der Waals surface area contributed by atoms with Gasteiger partial charge in [0.2, 0.25) is 0 Å². The molecule has 0 spiro atoms. The van der Waals surface area contributed by atoms with Crippen molar-refractivity contribution in [1.82, 2.24) is 4.90 Å². The van der Waals surface area contributed by atoms with E-state index in [1.54, 1.807) is 16.2 Å². The van der Waals surface area contributed by atoms with E-state index in [1.807, 2.05) is 0 Å². The van der Waals surface area contributed by atoms with Gasteiger partial charge in [-0.15, -0.1) is 11.3 Å². The van der Waals surface area contributed by atoms with Crippen LogP contribution in [0, 0.1) is 13.8 Å². The van der Waals surface area contributed by atoms with Crippen LogP contribution < -0.4 is 10.2 Å². The SMILES string of the molecule is CCCC[NH+](C)CCCN(Cc1cccs1)C(=S)Nc1ccc(C)c(C)c1. The molecule has 2 rings (SSSR count). The van der Waals surface area contributed by atoms with Gasteiger partial charge in [0.05, 0.1) is 26.7 Å². The van der Waals surface area contributed by atoms with Crippen LogP contribution in [0.1, 0.15) is 42.2 Å². The molecule has 1 aromatic carbocycles. The molecule has 1 heterocycles. The molecule has 27 heavy (non-hydrogen) atoms. The van der Waals surface area contributed by atoms with Gasteiger partial charge in [0, 0.05) is 23.5 Å². The molecule has 0 bridgehead atoms. The van der Waals surface area contributed by atoms with Gasteiger partial charge in [-0.25, -0.2) is 0 Å². The maximum Gasteiger partial charge on any atom is 0.173 e. The largest absolute Gasteiger partial charge is 0.344 e. The van der Waals surface area contributed by atoms with E-state index in [0.29, 0.717) is 0 Å².